The van der Waals surface area contributed by atoms with Crippen LogP contribution >= 0.6 is 0 Å². The SMILES string of the molecule is O=C(CNC(=O)c1cccnc1)NC1CCCCCC1. The summed E-state index contributed by atoms with van der Waals surface area (Å²) in [5.74, 6) is -0.386. The minimum Gasteiger partial charge on any atom is -0.352 e. The van der Waals surface area contributed by atoms with Gasteiger partial charge < -0.3 is 10.6 Å². The van der Waals surface area contributed by atoms with Gasteiger partial charge in [-0.2, -0.15) is 0 Å². The van der Waals surface area contributed by atoms with Crippen LogP contribution in [-0.4, -0.2) is 29.4 Å². The van der Waals surface area contributed by atoms with Crippen LogP contribution in [-0.2, 0) is 4.79 Å². The molecule has 1 fully saturated rings. The molecule has 5 heteroatoms. The Morgan fingerprint density at radius 3 is 2.60 bits per heavy atom. The number of nitrogens with one attached hydrogen (secondary N) is 2. The van der Waals surface area contributed by atoms with Crippen molar-refractivity contribution in [1.82, 2.24) is 15.6 Å². The third kappa shape index (κ3) is 4.64. The Bertz CT molecular complexity index is 440. The molecule has 1 aliphatic rings. The molecule has 0 aliphatic heterocycles. The number of rotatable bonds is 4. The molecule has 2 N–H and O–H groups in total. The van der Waals surface area contributed by atoms with Gasteiger partial charge in [0.25, 0.3) is 5.91 Å². The third-order valence-corrected chi connectivity index (χ3v) is 3.55. The highest BCUT2D eigenvalue weighted by Crippen LogP contribution is 2.16. The highest BCUT2D eigenvalue weighted by atomic mass is 16.2. The summed E-state index contributed by atoms with van der Waals surface area (Å²) in [7, 11) is 0. The van der Waals surface area contributed by atoms with Gasteiger partial charge in [0.2, 0.25) is 5.91 Å². The van der Waals surface area contributed by atoms with Gasteiger partial charge in [-0.3, -0.25) is 14.6 Å². The van der Waals surface area contributed by atoms with Crippen LogP contribution in [0.4, 0.5) is 0 Å². The highest BCUT2D eigenvalue weighted by molar-refractivity contribution is 5.96. The third-order valence-electron chi connectivity index (χ3n) is 3.55. The molecule has 0 bridgehead atoms. The Morgan fingerprint density at radius 1 is 1.20 bits per heavy atom. The maximum absolute atomic E-state index is 11.8. The van der Waals surface area contributed by atoms with E-state index in [-0.39, 0.29) is 24.4 Å². The van der Waals surface area contributed by atoms with Crippen molar-refractivity contribution in [2.75, 3.05) is 6.54 Å². The van der Waals surface area contributed by atoms with E-state index in [2.05, 4.69) is 15.6 Å². The van der Waals surface area contributed by atoms with Crippen LogP contribution in [0.15, 0.2) is 24.5 Å². The number of nitrogens with zero attached hydrogens (tertiary/aromatic N) is 1. The van der Waals surface area contributed by atoms with E-state index in [1.54, 1.807) is 18.3 Å². The Kier molecular flexibility index (Phi) is 5.53. The van der Waals surface area contributed by atoms with Crippen molar-refractivity contribution in [2.45, 2.75) is 44.6 Å². The first-order valence-corrected chi connectivity index (χ1v) is 7.23. The normalized spacial score (nSPS) is 16.2. The maximum atomic E-state index is 11.8. The fourth-order valence-corrected chi connectivity index (χ4v) is 2.46. The van der Waals surface area contributed by atoms with E-state index < -0.39 is 0 Å². The Hall–Kier alpha value is -1.91. The van der Waals surface area contributed by atoms with Gasteiger partial charge in [0.15, 0.2) is 0 Å². The molecule has 0 aromatic carbocycles. The minimum atomic E-state index is -0.269. The maximum Gasteiger partial charge on any atom is 0.253 e. The number of amides is 2. The second kappa shape index (κ2) is 7.62. The molecule has 2 amide bonds. The first-order valence-electron chi connectivity index (χ1n) is 7.23. The quantitative estimate of drug-likeness (QED) is 0.821. The molecule has 1 aromatic rings. The van der Waals surface area contributed by atoms with Gasteiger partial charge in [-0.25, -0.2) is 0 Å². The summed E-state index contributed by atoms with van der Waals surface area (Å²) in [5, 5.41) is 5.61. The van der Waals surface area contributed by atoms with Crippen LogP contribution in [0.2, 0.25) is 0 Å². The molecule has 1 aliphatic carbocycles. The average molecular weight is 275 g/mol. The molecule has 5 nitrogen and oxygen atoms in total. The first kappa shape index (κ1) is 14.5. The topological polar surface area (TPSA) is 71.1 Å². The number of pyridine rings is 1. The number of carbonyl (C=O) groups excluding carboxylic acids is 2. The number of hydrogen-bond donors (Lipinski definition) is 2. The first-order chi connectivity index (χ1) is 9.75. The number of hydrogen-bond acceptors (Lipinski definition) is 3. The lowest BCUT2D eigenvalue weighted by Gasteiger charge is -2.16. The predicted molar refractivity (Wildman–Crippen MR) is 76.2 cm³/mol. The van der Waals surface area contributed by atoms with Gasteiger partial charge in [-0.1, -0.05) is 25.7 Å². The van der Waals surface area contributed by atoms with E-state index in [9.17, 15) is 9.59 Å². The molecule has 0 spiro atoms. The highest BCUT2D eigenvalue weighted by Gasteiger charge is 2.15. The molecular weight excluding hydrogens is 254 g/mol. The summed E-state index contributed by atoms with van der Waals surface area (Å²) < 4.78 is 0. The summed E-state index contributed by atoms with van der Waals surface area (Å²) in [5.41, 5.74) is 0.467. The Morgan fingerprint density at radius 2 is 1.95 bits per heavy atom. The van der Waals surface area contributed by atoms with Crippen LogP contribution in [0.1, 0.15) is 48.9 Å². The summed E-state index contributed by atoms with van der Waals surface area (Å²) in [6.07, 6.45) is 10.0. The Labute approximate surface area is 119 Å². The second-order valence-electron chi connectivity index (χ2n) is 5.18. The van der Waals surface area contributed by atoms with E-state index in [0.29, 0.717) is 5.56 Å². The van der Waals surface area contributed by atoms with E-state index in [4.69, 9.17) is 0 Å². The van der Waals surface area contributed by atoms with Crippen LogP contribution in [0.3, 0.4) is 0 Å². The van der Waals surface area contributed by atoms with Gasteiger partial charge >= 0.3 is 0 Å². The smallest absolute Gasteiger partial charge is 0.253 e. The van der Waals surface area contributed by atoms with E-state index >= 15 is 0 Å². The number of aromatic nitrogens is 1. The van der Waals surface area contributed by atoms with Gasteiger partial charge in [0.05, 0.1) is 12.1 Å². The molecule has 1 aromatic heterocycles. The molecule has 1 saturated carbocycles. The van der Waals surface area contributed by atoms with E-state index in [1.807, 2.05) is 0 Å². The molecule has 0 unspecified atom stereocenters. The second-order valence-corrected chi connectivity index (χ2v) is 5.18. The summed E-state index contributed by atoms with van der Waals surface area (Å²) >= 11 is 0. The van der Waals surface area contributed by atoms with E-state index in [1.165, 1.54) is 31.9 Å². The minimum absolute atomic E-state index is 0.0181. The fourth-order valence-electron chi connectivity index (χ4n) is 2.46. The van der Waals surface area contributed by atoms with Gasteiger partial charge in [0.1, 0.15) is 0 Å². The zero-order valence-corrected chi connectivity index (χ0v) is 11.6. The summed E-state index contributed by atoms with van der Waals surface area (Å²) in [6, 6.07) is 3.63. The monoisotopic (exact) mass is 275 g/mol. The molecule has 20 heavy (non-hydrogen) atoms. The van der Waals surface area contributed by atoms with Crippen molar-refractivity contribution in [3.05, 3.63) is 30.1 Å². The lowest BCUT2D eigenvalue weighted by molar-refractivity contribution is -0.120. The van der Waals surface area contributed by atoms with Crippen LogP contribution in [0.25, 0.3) is 0 Å². The number of carbonyl (C=O) groups is 2. The molecule has 1 heterocycles. The summed E-state index contributed by atoms with van der Waals surface area (Å²) in [6.45, 7) is 0.0181. The van der Waals surface area contributed by atoms with Gasteiger partial charge in [-0.15, -0.1) is 0 Å². The van der Waals surface area contributed by atoms with Gasteiger partial charge in [-0.05, 0) is 25.0 Å². The zero-order chi connectivity index (χ0) is 14.2. The molecule has 2 rings (SSSR count). The van der Waals surface area contributed by atoms with Crippen LogP contribution in [0.5, 0.6) is 0 Å². The van der Waals surface area contributed by atoms with Crippen LogP contribution in [0, 0.1) is 0 Å². The predicted octanol–water partition coefficient (Wildman–Crippen LogP) is 1.65. The average Bonchev–Trinajstić information content (AvgIpc) is 2.74. The molecule has 0 radical (unpaired) electrons. The van der Waals surface area contributed by atoms with Crippen molar-refractivity contribution in [3.8, 4) is 0 Å². The van der Waals surface area contributed by atoms with Crippen molar-refractivity contribution < 1.29 is 9.59 Å². The largest absolute Gasteiger partial charge is 0.352 e. The van der Waals surface area contributed by atoms with Crippen molar-refractivity contribution in [1.29, 1.82) is 0 Å². The van der Waals surface area contributed by atoms with E-state index in [0.717, 1.165) is 12.8 Å². The molecule has 0 saturated heterocycles. The van der Waals surface area contributed by atoms with Crippen LogP contribution < -0.4 is 10.6 Å². The molecule has 108 valence electrons. The Balaban J connectivity index is 1.73. The fraction of sp³-hybridized carbons (Fsp3) is 0.533. The lowest BCUT2D eigenvalue weighted by Crippen LogP contribution is -2.41. The van der Waals surface area contributed by atoms with Crippen molar-refractivity contribution >= 4 is 11.8 Å². The van der Waals surface area contributed by atoms with Crippen molar-refractivity contribution in [2.24, 2.45) is 0 Å². The zero-order valence-electron chi connectivity index (χ0n) is 11.6. The molecule has 0 atom stereocenters. The summed E-state index contributed by atoms with van der Waals surface area (Å²) in [4.78, 5) is 27.5. The lowest BCUT2D eigenvalue weighted by atomic mass is 10.1. The standard InChI is InChI=1S/C15H21N3O2/c19-14(18-13-7-3-1-2-4-8-13)11-17-15(20)12-6-5-9-16-10-12/h5-6,9-10,13H,1-4,7-8,11H2,(H,17,20)(H,18,19). The van der Waals surface area contributed by atoms with Gasteiger partial charge in [0, 0.05) is 18.4 Å². The molecular formula is C15H21N3O2. The van der Waals surface area contributed by atoms with Crippen molar-refractivity contribution in [3.63, 3.8) is 0 Å².